The van der Waals surface area contributed by atoms with E-state index in [1.54, 1.807) is 6.20 Å². The number of anilines is 1. The fourth-order valence-electron chi connectivity index (χ4n) is 2.76. The van der Waals surface area contributed by atoms with Crippen LogP contribution in [0.1, 0.15) is 12.8 Å². The monoisotopic (exact) mass is 280 g/mol. The third-order valence-electron chi connectivity index (χ3n) is 3.89. The molecule has 4 heteroatoms. The minimum atomic E-state index is 0.520. The van der Waals surface area contributed by atoms with E-state index in [1.165, 1.54) is 0 Å². The van der Waals surface area contributed by atoms with E-state index >= 15 is 0 Å². The third kappa shape index (κ3) is 3.45. The van der Waals surface area contributed by atoms with Crippen LogP contribution in [0.25, 0.3) is 5.69 Å². The number of terminal acetylenes is 1. The van der Waals surface area contributed by atoms with Gasteiger partial charge in [0, 0.05) is 37.2 Å². The first kappa shape index (κ1) is 13.7. The SMILES string of the molecule is C#CCN1CCC(Nc2cccc(-n3cccn3)c2)CC1. The van der Waals surface area contributed by atoms with Crippen molar-refractivity contribution in [2.75, 3.05) is 25.0 Å². The van der Waals surface area contributed by atoms with Crippen molar-refractivity contribution in [2.45, 2.75) is 18.9 Å². The molecule has 1 aromatic carbocycles. The molecular formula is C17H20N4. The van der Waals surface area contributed by atoms with E-state index in [-0.39, 0.29) is 0 Å². The van der Waals surface area contributed by atoms with Crippen molar-refractivity contribution in [3.05, 3.63) is 42.7 Å². The molecule has 0 unspecified atom stereocenters. The smallest absolute Gasteiger partial charge is 0.0666 e. The average Bonchev–Trinajstić information content (AvgIpc) is 3.04. The van der Waals surface area contributed by atoms with Crippen molar-refractivity contribution in [3.63, 3.8) is 0 Å². The molecule has 21 heavy (non-hydrogen) atoms. The van der Waals surface area contributed by atoms with Gasteiger partial charge in [0.2, 0.25) is 0 Å². The van der Waals surface area contributed by atoms with Gasteiger partial charge in [-0.3, -0.25) is 4.90 Å². The minimum absolute atomic E-state index is 0.520. The van der Waals surface area contributed by atoms with E-state index in [2.05, 4.69) is 45.5 Å². The van der Waals surface area contributed by atoms with E-state index in [1.807, 2.05) is 16.9 Å². The van der Waals surface area contributed by atoms with Crippen molar-refractivity contribution in [1.82, 2.24) is 14.7 Å². The summed E-state index contributed by atoms with van der Waals surface area (Å²) in [4.78, 5) is 2.33. The Bertz CT molecular complexity index is 604. The van der Waals surface area contributed by atoms with Crippen molar-refractivity contribution in [3.8, 4) is 18.0 Å². The van der Waals surface area contributed by atoms with Crippen molar-refractivity contribution in [2.24, 2.45) is 0 Å². The molecule has 1 fully saturated rings. The number of hydrogen-bond donors (Lipinski definition) is 1. The highest BCUT2D eigenvalue weighted by atomic mass is 15.3. The summed E-state index contributed by atoms with van der Waals surface area (Å²) in [5, 5.41) is 7.89. The highest BCUT2D eigenvalue weighted by molar-refractivity contribution is 5.51. The van der Waals surface area contributed by atoms with Crippen LogP contribution in [-0.4, -0.2) is 40.4 Å². The van der Waals surface area contributed by atoms with E-state index in [4.69, 9.17) is 6.42 Å². The molecule has 0 aliphatic carbocycles. The summed E-state index contributed by atoms with van der Waals surface area (Å²) >= 11 is 0. The molecule has 0 saturated carbocycles. The number of aromatic nitrogens is 2. The lowest BCUT2D eigenvalue weighted by molar-refractivity contribution is 0.243. The Hall–Kier alpha value is -2.25. The predicted octanol–water partition coefficient (Wildman–Crippen LogP) is 2.38. The molecule has 0 amide bonds. The first-order valence-electron chi connectivity index (χ1n) is 7.37. The maximum Gasteiger partial charge on any atom is 0.0666 e. The summed E-state index contributed by atoms with van der Waals surface area (Å²) in [5.41, 5.74) is 2.23. The Morgan fingerprint density at radius 2 is 2.14 bits per heavy atom. The average molecular weight is 280 g/mol. The second kappa shape index (κ2) is 6.47. The zero-order chi connectivity index (χ0) is 14.5. The normalized spacial score (nSPS) is 16.5. The van der Waals surface area contributed by atoms with Crippen LogP contribution in [0.4, 0.5) is 5.69 Å². The molecule has 2 heterocycles. The molecule has 0 bridgehead atoms. The predicted molar refractivity (Wildman–Crippen MR) is 85.5 cm³/mol. The second-order valence-corrected chi connectivity index (χ2v) is 5.40. The first-order valence-corrected chi connectivity index (χ1v) is 7.37. The summed E-state index contributed by atoms with van der Waals surface area (Å²) in [6.07, 6.45) is 11.4. The molecule has 108 valence electrons. The number of likely N-dealkylation sites (tertiary alicyclic amines) is 1. The van der Waals surface area contributed by atoms with Gasteiger partial charge in [-0.2, -0.15) is 5.10 Å². The molecule has 0 atom stereocenters. The maximum absolute atomic E-state index is 5.37. The standard InChI is InChI=1S/C17H20N4/c1-2-10-20-12-7-15(8-13-20)19-16-5-3-6-17(14-16)21-11-4-9-18-21/h1,3-6,9,11,14-15,19H,7-8,10,12-13H2. The fourth-order valence-corrected chi connectivity index (χ4v) is 2.76. The zero-order valence-electron chi connectivity index (χ0n) is 12.1. The molecule has 1 saturated heterocycles. The summed E-state index contributed by atoms with van der Waals surface area (Å²) in [5.74, 6) is 2.72. The molecule has 3 rings (SSSR count). The Labute approximate surface area is 125 Å². The van der Waals surface area contributed by atoms with Crippen LogP contribution < -0.4 is 5.32 Å². The fraction of sp³-hybridized carbons (Fsp3) is 0.353. The molecule has 1 aromatic heterocycles. The second-order valence-electron chi connectivity index (χ2n) is 5.40. The van der Waals surface area contributed by atoms with Crippen molar-refractivity contribution >= 4 is 5.69 Å². The largest absolute Gasteiger partial charge is 0.382 e. The Morgan fingerprint density at radius 1 is 1.29 bits per heavy atom. The highest BCUT2D eigenvalue weighted by Crippen LogP contribution is 2.19. The molecule has 1 N–H and O–H groups in total. The molecule has 4 nitrogen and oxygen atoms in total. The van der Waals surface area contributed by atoms with Gasteiger partial charge in [-0.05, 0) is 37.1 Å². The number of nitrogens with zero attached hydrogens (tertiary/aromatic N) is 3. The van der Waals surface area contributed by atoms with Gasteiger partial charge in [0.25, 0.3) is 0 Å². The van der Waals surface area contributed by atoms with Gasteiger partial charge in [-0.25, -0.2) is 4.68 Å². The van der Waals surface area contributed by atoms with Crippen LogP contribution in [-0.2, 0) is 0 Å². The number of benzene rings is 1. The summed E-state index contributed by atoms with van der Waals surface area (Å²) < 4.78 is 1.88. The van der Waals surface area contributed by atoms with Crippen LogP contribution in [0.2, 0.25) is 0 Å². The Kier molecular flexibility index (Phi) is 4.23. The highest BCUT2D eigenvalue weighted by Gasteiger charge is 2.18. The van der Waals surface area contributed by atoms with E-state index in [0.717, 1.165) is 43.9 Å². The first-order chi connectivity index (χ1) is 10.3. The quantitative estimate of drug-likeness (QED) is 0.873. The maximum atomic E-state index is 5.37. The number of nitrogens with one attached hydrogen (secondary N) is 1. The van der Waals surface area contributed by atoms with Gasteiger partial charge in [0.05, 0.1) is 12.2 Å². The van der Waals surface area contributed by atoms with Gasteiger partial charge in [-0.1, -0.05) is 12.0 Å². The van der Waals surface area contributed by atoms with Gasteiger partial charge in [-0.15, -0.1) is 6.42 Å². The number of rotatable bonds is 4. The minimum Gasteiger partial charge on any atom is -0.382 e. The third-order valence-corrected chi connectivity index (χ3v) is 3.89. The van der Waals surface area contributed by atoms with Gasteiger partial charge in [0.15, 0.2) is 0 Å². The van der Waals surface area contributed by atoms with Crippen molar-refractivity contribution < 1.29 is 0 Å². The molecule has 1 aliphatic rings. The van der Waals surface area contributed by atoms with Gasteiger partial charge < -0.3 is 5.32 Å². The number of hydrogen-bond acceptors (Lipinski definition) is 3. The molecule has 2 aromatic rings. The Morgan fingerprint density at radius 3 is 2.86 bits per heavy atom. The van der Waals surface area contributed by atoms with Crippen LogP contribution in [0.5, 0.6) is 0 Å². The lowest BCUT2D eigenvalue weighted by Crippen LogP contribution is -2.39. The van der Waals surface area contributed by atoms with Crippen LogP contribution >= 0.6 is 0 Å². The van der Waals surface area contributed by atoms with Crippen LogP contribution in [0.15, 0.2) is 42.7 Å². The molecule has 0 spiro atoms. The van der Waals surface area contributed by atoms with Crippen molar-refractivity contribution in [1.29, 1.82) is 0 Å². The topological polar surface area (TPSA) is 33.1 Å². The summed E-state index contributed by atoms with van der Waals surface area (Å²) in [7, 11) is 0. The van der Waals surface area contributed by atoms with E-state index in [9.17, 15) is 0 Å². The number of piperidine rings is 1. The van der Waals surface area contributed by atoms with Crippen LogP contribution in [0, 0.1) is 12.3 Å². The van der Waals surface area contributed by atoms with E-state index in [0.29, 0.717) is 6.04 Å². The van der Waals surface area contributed by atoms with Crippen LogP contribution in [0.3, 0.4) is 0 Å². The summed E-state index contributed by atoms with van der Waals surface area (Å²) in [6.45, 7) is 2.91. The lowest BCUT2D eigenvalue weighted by Gasteiger charge is -2.31. The van der Waals surface area contributed by atoms with Gasteiger partial charge in [0.1, 0.15) is 0 Å². The lowest BCUT2D eigenvalue weighted by atomic mass is 10.0. The molecule has 1 aliphatic heterocycles. The van der Waals surface area contributed by atoms with Gasteiger partial charge >= 0.3 is 0 Å². The molecule has 0 radical (unpaired) electrons. The Balaban J connectivity index is 1.61. The summed E-state index contributed by atoms with van der Waals surface area (Å²) in [6, 6.07) is 10.8. The van der Waals surface area contributed by atoms with E-state index < -0.39 is 0 Å². The zero-order valence-corrected chi connectivity index (χ0v) is 12.1. The molecular weight excluding hydrogens is 260 g/mol.